The highest BCUT2D eigenvalue weighted by Gasteiger charge is 2.09. The number of hydrogen-bond acceptors (Lipinski definition) is 3. The number of benzene rings is 1. The number of rotatable bonds is 6. The summed E-state index contributed by atoms with van der Waals surface area (Å²) in [5, 5.41) is 0. The van der Waals surface area contributed by atoms with Gasteiger partial charge in [0, 0.05) is 11.6 Å². The van der Waals surface area contributed by atoms with Gasteiger partial charge in [-0.15, -0.1) is 11.6 Å². The van der Waals surface area contributed by atoms with Crippen molar-refractivity contribution in [2.45, 2.75) is 6.42 Å². The maximum absolute atomic E-state index is 11.5. The fraction of sp³-hybridized carbons (Fsp3) is 0.400. The maximum atomic E-state index is 11.5. The van der Waals surface area contributed by atoms with E-state index in [4.69, 9.17) is 16.3 Å². The van der Waals surface area contributed by atoms with E-state index in [2.05, 4.69) is 4.72 Å². The first kappa shape index (κ1) is 13.1. The van der Waals surface area contributed by atoms with E-state index in [1.165, 1.54) is 0 Å². The molecule has 0 atom stereocenters. The minimum absolute atomic E-state index is 0.0303. The van der Waals surface area contributed by atoms with Crippen LogP contribution in [0.4, 0.5) is 5.69 Å². The van der Waals surface area contributed by atoms with Crippen LogP contribution < -0.4 is 9.46 Å². The Kier molecular flexibility index (Phi) is 4.89. The zero-order chi connectivity index (χ0) is 12.0. The van der Waals surface area contributed by atoms with Crippen molar-refractivity contribution in [2.24, 2.45) is 0 Å². The highest BCUT2D eigenvalue weighted by molar-refractivity contribution is 7.92. The van der Waals surface area contributed by atoms with Crippen LogP contribution in [0.2, 0.25) is 0 Å². The van der Waals surface area contributed by atoms with E-state index in [-0.39, 0.29) is 5.75 Å². The van der Waals surface area contributed by atoms with Crippen LogP contribution in [-0.2, 0) is 10.0 Å². The zero-order valence-corrected chi connectivity index (χ0v) is 10.5. The fourth-order valence-electron chi connectivity index (χ4n) is 1.13. The average Bonchev–Trinajstić information content (AvgIpc) is 2.27. The molecule has 1 N–H and O–H groups in total. The molecule has 16 heavy (non-hydrogen) atoms. The van der Waals surface area contributed by atoms with Gasteiger partial charge in [-0.2, -0.15) is 0 Å². The first-order valence-corrected chi connectivity index (χ1v) is 6.96. The van der Waals surface area contributed by atoms with Gasteiger partial charge in [0.25, 0.3) is 0 Å². The smallest absolute Gasteiger partial charge is 0.232 e. The van der Waals surface area contributed by atoms with Crippen LogP contribution in [0.15, 0.2) is 24.3 Å². The Morgan fingerprint density at radius 2 is 1.94 bits per heavy atom. The van der Waals surface area contributed by atoms with E-state index in [0.717, 1.165) is 0 Å². The molecule has 1 aromatic rings. The van der Waals surface area contributed by atoms with Gasteiger partial charge in [-0.3, -0.25) is 4.72 Å². The average molecular weight is 264 g/mol. The molecule has 0 aromatic heterocycles. The number of anilines is 1. The molecule has 90 valence electrons. The summed E-state index contributed by atoms with van der Waals surface area (Å²) in [4.78, 5) is 0. The summed E-state index contributed by atoms with van der Waals surface area (Å²) in [5.41, 5.74) is 0.523. The van der Waals surface area contributed by atoms with Gasteiger partial charge in [-0.05, 0) is 30.7 Å². The number of halogens is 1. The second-order valence-electron chi connectivity index (χ2n) is 3.19. The Morgan fingerprint density at radius 1 is 1.31 bits per heavy atom. The Morgan fingerprint density at radius 3 is 2.44 bits per heavy atom. The van der Waals surface area contributed by atoms with Gasteiger partial charge in [-0.1, -0.05) is 0 Å². The normalized spacial score (nSPS) is 11.1. The van der Waals surface area contributed by atoms with Crippen molar-refractivity contribution in [1.29, 1.82) is 0 Å². The summed E-state index contributed by atoms with van der Waals surface area (Å²) in [7, 11) is -1.74. The zero-order valence-electron chi connectivity index (χ0n) is 8.94. The molecule has 0 bridgehead atoms. The quantitative estimate of drug-likeness (QED) is 0.800. The molecular weight excluding hydrogens is 250 g/mol. The van der Waals surface area contributed by atoms with E-state index >= 15 is 0 Å². The highest BCUT2D eigenvalue weighted by atomic mass is 35.5. The lowest BCUT2D eigenvalue weighted by atomic mass is 10.3. The molecular formula is C10H14ClNO3S. The third-order valence-corrected chi connectivity index (χ3v) is 3.55. The number of ether oxygens (including phenoxy) is 1. The fourth-order valence-corrected chi connectivity index (χ4v) is 2.55. The largest absolute Gasteiger partial charge is 0.497 e. The summed E-state index contributed by atoms with van der Waals surface area (Å²) in [6.07, 6.45) is 0.438. The van der Waals surface area contributed by atoms with E-state index in [1.54, 1.807) is 31.4 Å². The summed E-state index contributed by atoms with van der Waals surface area (Å²) < 4.78 is 30.5. The number of alkyl halides is 1. The molecule has 0 saturated heterocycles. The number of nitrogens with one attached hydrogen (secondary N) is 1. The van der Waals surface area contributed by atoms with Crippen LogP contribution >= 0.6 is 11.6 Å². The summed E-state index contributed by atoms with van der Waals surface area (Å²) >= 11 is 5.44. The van der Waals surface area contributed by atoms with E-state index < -0.39 is 10.0 Å². The molecule has 0 fully saturated rings. The van der Waals surface area contributed by atoms with Gasteiger partial charge in [0.05, 0.1) is 12.9 Å². The maximum Gasteiger partial charge on any atom is 0.232 e. The van der Waals surface area contributed by atoms with Crippen molar-refractivity contribution >= 4 is 27.3 Å². The molecule has 0 radical (unpaired) electrons. The first-order chi connectivity index (χ1) is 7.57. The monoisotopic (exact) mass is 263 g/mol. The summed E-state index contributed by atoms with van der Waals surface area (Å²) in [5.74, 6) is 1.05. The third kappa shape index (κ3) is 4.28. The molecule has 1 rings (SSSR count). The third-order valence-electron chi connectivity index (χ3n) is 1.91. The topological polar surface area (TPSA) is 55.4 Å². The highest BCUT2D eigenvalue weighted by Crippen LogP contribution is 2.16. The Labute approximate surface area is 101 Å². The second-order valence-corrected chi connectivity index (χ2v) is 5.41. The molecule has 0 saturated carbocycles. The van der Waals surface area contributed by atoms with Crippen molar-refractivity contribution in [2.75, 3.05) is 23.5 Å². The predicted molar refractivity (Wildman–Crippen MR) is 65.7 cm³/mol. The van der Waals surface area contributed by atoms with Crippen LogP contribution in [0, 0.1) is 0 Å². The van der Waals surface area contributed by atoms with E-state index in [1.807, 2.05) is 0 Å². The van der Waals surface area contributed by atoms with Crippen LogP contribution in [0.25, 0.3) is 0 Å². The molecule has 0 aliphatic rings. The Balaban J connectivity index is 2.65. The Hall–Kier alpha value is -0.940. The lowest BCUT2D eigenvalue weighted by Gasteiger charge is -2.07. The van der Waals surface area contributed by atoms with Crippen molar-refractivity contribution in [3.8, 4) is 5.75 Å². The number of sulfonamides is 1. The summed E-state index contributed by atoms with van der Waals surface area (Å²) in [6.45, 7) is 0. The molecule has 1 aromatic carbocycles. The van der Waals surface area contributed by atoms with Crippen LogP contribution in [-0.4, -0.2) is 27.2 Å². The lowest BCUT2D eigenvalue weighted by molar-refractivity contribution is 0.415. The predicted octanol–water partition coefficient (Wildman–Crippen LogP) is 2.07. The molecule has 0 amide bonds. The molecule has 0 spiro atoms. The van der Waals surface area contributed by atoms with E-state index in [9.17, 15) is 8.42 Å². The van der Waals surface area contributed by atoms with E-state index in [0.29, 0.717) is 23.7 Å². The van der Waals surface area contributed by atoms with Crippen molar-refractivity contribution < 1.29 is 13.2 Å². The van der Waals surface area contributed by atoms with Gasteiger partial charge in [0.1, 0.15) is 5.75 Å². The molecule has 6 heteroatoms. The van der Waals surface area contributed by atoms with Crippen molar-refractivity contribution in [3.63, 3.8) is 0 Å². The Bertz CT molecular complexity index is 416. The van der Waals surface area contributed by atoms with Crippen molar-refractivity contribution in [3.05, 3.63) is 24.3 Å². The molecule has 0 unspecified atom stereocenters. The lowest BCUT2D eigenvalue weighted by Crippen LogP contribution is -2.16. The minimum atomic E-state index is -3.29. The summed E-state index contributed by atoms with van der Waals surface area (Å²) in [6, 6.07) is 6.69. The number of methoxy groups -OCH3 is 1. The standard InChI is InChI=1S/C10H14ClNO3S/c1-15-10-5-3-9(4-6-10)12-16(13,14)8-2-7-11/h3-6,12H,2,7-8H2,1H3. The van der Waals surface area contributed by atoms with Crippen LogP contribution in [0.1, 0.15) is 6.42 Å². The molecule has 4 nitrogen and oxygen atoms in total. The molecule has 0 aliphatic carbocycles. The van der Waals surface area contributed by atoms with Crippen molar-refractivity contribution in [1.82, 2.24) is 0 Å². The van der Waals surface area contributed by atoms with Gasteiger partial charge in [-0.25, -0.2) is 8.42 Å². The molecule has 0 aliphatic heterocycles. The van der Waals surface area contributed by atoms with Gasteiger partial charge >= 0.3 is 0 Å². The number of hydrogen-bond donors (Lipinski definition) is 1. The minimum Gasteiger partial charge on any atom is -0.497 e. The first-order valence-electron chi connectivity index (χ1n) is 4.78. The van der Waals surface area contributed by atoms with Gasteiger partial charge < -0.3 is 4.74 Å². The molecule has 0 heterocycles. The van der Waals surface area contributed by atoms with Crippen LogP contribution in [0.3, 0.4) is 0 Å². The second kappa shape index (κ2) is 5.96. The van der Waals surface area contributed by atoms with Gasteiger partial charge in [0.15, 0.2) is 0 Å². The van der Waals surface area contributed by atoms with Gasteiger partial charge in [0.2, 0.25) is 10.0 Å². The van der Waals surface area contributed by atoms with Crippen LogP contribution in [0.5, 0.6) is 5.75 Å². The SMILES string of the molecule is COc1ccc(NS(=O)(=O)CCCCl)cc1.